The number of hydrogen-bond acceptors (Lipinski definition) is 3. The maximum absolute atomic E-state index is 6.29. The molecular weight excluding hydrogens is 308 g/mol. The fraction of sp³-hybridized carbons (Fsp3) is 0.409. The summed E-state index contributed by atoms with van der Waals surface area (Å²) in [6, 6.07) is 13.2. The van der Waals surface area contributed by atoms with Crippen molar-refractivity contribution >= 4 is 16.8 Å². The molecule has 128 valence electrons. The molecule has 25 heavy (non-hydrogen) atoms. The summed E-state index contributed by atoms with van der Waals surface area (Å²) in [6.45, 7) is 4.51. The van der Waals surface area contributed by atoms with Crippen LogP contribution in [-0.4, -0.2) is 4.98 Å². The molecule has 2 aromatic heterocycles. The number of anilines is 1. The molecule has 0 saturated heterocycles. The van der Waals surface area contributed by atoms with Gasteiger partial charge in [0.2, 0.25) is 5.71 Å². The Labute approximate surface area is 148 Å². The molecule has 3 heteroatoms. The van der Waals surface area contributed by atoms with E-state index in [9.17, 15) is 0 Å². The van der Waals surface area contributed by atoms with Crippen LogP contribution in [0.3, 0.4) is 0 Å². The number of pyridine rings is 1. The first kappa shape index (κ1) is 15.0. The van der Waals surface area contributed by atoms with Crippen molar-refractivity contribution in [2.24, 2.45) is 0 Å². The van der Waals surface area contributed by atoms with Crippen LogP contribution in [0.25, 0.3) is 11.1 Å². The lowest BCUT2D eigenvalue weighted by Crippen LogP contribution is -2.44. The third-order valence-corrected chi connectivity index (χ3v) is 6.24. The van der Waals surface area contributed by atoms with Crippen LogP contribution in [0.15, 0.2) is 47.0 Å². The lowest BCUT2D eigenvalue weighted by molar-refractivity contribution is 0.284. The number of para-hydroxylation sites is 1. The van der Waals surface area contributed by atoms with Gasteiger partial charge >= 0.3 is 0 Å². The largest absolute Gasteiger partial charge is 0.440 e. The molecule has 0 N–H and O–H groups in total. The highest BCUT2D eigenvalue weighted by molar-refractivity contribution is 5.84. The molecule has 1 fully saturated rings. The summed E-state index contributed by atoms with van der Waals surface area (Å²) in [5, 5.41) is 1.21. The monoisotopic (exact) mass is 332 g/mol. The van der Waals surface area contributed by atoms with Crippen LogP contribution in [0.5, 0.6) is 0 Å². The first-order valence-corrected chi connectivity index (χ1v) is 9.45. The van der Waals surface area contributed by atoms with Crippen LogP contribution in [0.4, 0.5) is 5.69 Å². The lowest BCUT2D eigenvalue weighted by Gasteiger charge is -2.45. The second-order valence-electron chi connectivity index (χ2n) is 7.62. The minimum Gasteiger partial charge on any atom is -0.440 e. The smallest absolute Gasteiger partial charge is 0.226 e. The van der Waals surface area contributed by atoms with E-state index in [-0.39, 0.29) is 11.6 Å². The Hall–Kier alpha value is -2.29. The Balaban J connectivity index is 1.79. The molecule has 1 aliphatic carbocycles. The molecule has 3 nitrogen and oxygen atoms in total. The molecular formula is C22H24N2O. The van der Waals surface area contributed by atoms with E-state index in [1.165, 1.54) is 54.3 Å². The van der Waals surface area contributed by atoms with E-state index in [0.29, 0.717) is 0 Å². The van der Waals surface area contributed by atoms with Gasteiger partial charge in [-0.3, -0.25) is 0 Å². The molecule has 1 aliphatic heterocycles. The van der Waals surface area contributed by atoms with Gasteiger partial charge < -0.3 is 9.32 Å². The molecule has 1 saturated carbocycles. The molecule has 2 aliphatic rings. The van der Waals surface area contributed by atoms with Gasteiger partial charge in [0.25, 0.3) is 0 Å². The average Bonchev–Trinajstić information content (AvgIpc) is 3.13. The zero-order chi connectivity index (χ0) is 17.0. The number of furan rings is 1. The third-order valence-electron chi connectivity index (χ3n) is 6.24. The van der Waals surface area contributed by atoms with E-state index in [1.54, 1.807) is 0 Å². The summed E-state index contributed by atoms with van der Waals surface area (Å²) in [4.78, 5) is 7.14. The van der Waals surface area contributed by atoms with Crippen molar-refractivity contribution in [2.45, 2.75) is 57.5 Å². The Bertz CT molecular complexity index is 936. The second kappa shape index (κ2) is 5.35. The van der Waals surface area contributed by atoms with Gasteiger partial charge in [-0.2, -0.15) is 0 Å². The van der Waals surface area contributed by atoms with Crippen molar-refractivity contribution in [2.75, 3.05) is 4.90 Å². The minimum absolute atomic E-state index is 0.0490. The van der Waals surface area contributed by atoms with Crippen LogP contribution >= 0.6 is 0 Å². The SMILES string of the molecule is Cc1ccccc1N1[C@@H](C)c2oc3ncccc3c2C12CCCCC2. The molecule has 1 spiro atoms. The topological polar surface area (TPSA) is 29.3 Å². The summed E-state index contributed by atoms with van der Waals surface area (Å²) >= 11 is 0. The highest BCUT2D eigenvalue weighted by atomic mass is 16.3. The predicted molar refractivity (Wildman–Crippen MR) is 101 cm³/mol. The van der Waals surface area contributed by atoms with Crippen molar-refractivity contribution in [3.8, 4) is 0 Å². The van der Waals surface area contributed by atoms with Gasteiger partial charge in [-0.15, -0.1) is 0 Å². The van der Waals surface area contributed by atoms with Crippen molar-refractivity contribution in [3.05, 3.63) is 59.5 Å². The fourth-order valence-electron chi connectivity index (χ4n) is 5.23. The van der Waals surface area contributed by atoms with E-state index in [1.807, 2.05) is 12.3 Å². The van der Waals surface area contributed by atoms with Gasteiger partial charge in [-0.1, -0.05) is 37.5 Å². The summed E-state index contributed by atoms with van der Waals surface area (Å²) in [6.07, 6.45) is 8.12. The summed E-state index contributed by atoms with van der Waals surface area (Å²) in [7, 11) is 0. The lowest BCUT2D eigenvalue weighted by atomic mass is 9.76. The van der Waals surface area contributed by atoms with Crippen LogP contribution in [-0.2, 0) is 5.54 Å². The first-order valence-electron chi connectivity index (χ1n) is 9.45. The normalized spacial score (nSPS) is 21.8. The standard InChI is InChI=1S/C22H24N2O/c1-15-9-4-5-11-18(15)24-16(2)20-19(22(24)12-6-3-7-13-22)17-10-8-14-23-21(17)25-20/h4-5,8-11,14,16H,3,6-7,12-13H2,1-2H3/t16-/m0/s1. The fourth-order valence-corrected chi connectivity index (χ4v) is 5.23. The molecule has 0 radical (unpaired) electrons. The molecule has 0 amide bonds. The van der Waals surface area contributed by atoms with Gasteiger partial charge in [0, 0.05) is 22.8 Å². The highest BCUT2D eigenvalue weighted by Crippen LogP contribution is 2.58. The maximum atomic E-state index is 6.29. The van der Waals surface area contributed by atoms with E-state index in [2.05, 4.69) is 54.1 Å². The minimum atomic E-state index is 0.0490. The predicted octanol–water partition coefficient (Wildman–Crippen LogP) is 5.88. The van der Waals surface area contributed by atoms with Crippen molar-refractivity contribution in [1.82, 2.24) is 4.98 Å². The van der Waals surface area contributed by atoms with E-state index >= 15 is 0 Å². The second-order valence-corrected chi connectivity index (χ2v) is 7.62. The number of hydrogen-bond donors (Lipinski definition) is 0. The van der Waals surface area contributed by atoms with Crippen molar-refractivity contribution in [3.63, 3.8) is 0 Å². The van der Waals surface area contributed by atoms with E-state index in [0.717, 1.165) is 11.5 Å². The van der Waals surface area contributed by atoms with Crippen molar-refractivity contribution in [1.29, 1.82) is 0 Å². The summed E-state index contributed by atoms with van der Waals surface area (Å²) < 4.78 is 6.29. The first-order chi connectivity index (χ1) is 12.2. The Kier molecular flexibility index (Phi) is 3.21. The average molecular weight is 332 g/mol. The van der Waals surface area contributed by atoms with E-state index < -0.39 is 0 Å². The van der Waals surface area contributed by atoms with Crippen LogP contribution in [0.1, 0.15) is 62.0 Å². The van der Waals surface area contributed by atoms with Gasteiger partial charge in [-0.25, -0.2) is 4.98 Å². The van der Waals surface area contributed by atoms with Crippen LogP contribution < -0.4 is 4.90 Å². The van der Waals surface area contributed by atoms with Crippen LogP contribution in [0, 0.1) is 6.92 Å². The summed E-state index contributed by atoms with van der Waals surface area (Å²) in [5.74, 6) is 1.12. The van der Waals surface area contributed by atoms with Crippen molar-refractivity contribution < 1.29 is 4.42 Å². The molecule has 3 heterocycles. The molecule has 5 rings (SSSR count). The Morgan fingerprint density at radius 2 is 1.88 bits per heavy atom. The highest BCUT2D eigenvalue weighted by Gasteiger charge is 2.52. The third kappa shape index (κ3) is 1.95. The van der Waals surface area contributed by atoms with Gasteiger partial charge in [0.1, 0.15) is 5.76 Å². The van der Waals surface area contributed by atoms with E-state index in [4.69, 9.17) is 4.42 Å². The molecule has 1 aromatic carbocycles. The Morgan fingerprint density at radius 1 is 1.08 bits per heavy atom. The zero-order valence-corrected chi connectivity index (χ0v) is 15.0. The quantitative estimate of drug-likeness (QED) is 0.557. The zero-order valence-electron chi connectivity index (χ0n) is 15.0. The maximum Gasteiger partial charge on any atom is 0.226 e. The van der Waals surface area contributed by atoms with Gasteiger partial charge in [0.15, 0.2) is 0 Å². The number of nitrogens with zero attached hydrogens (tertiary/aromatic N) is 2. The van der Waals surface area contributed by atoms with Gasteiger partial charge in [-0.05, 0) is 50.5 Å². The number of rotatable bonds is 1. The molecule has 0 unspecified atom stereocenters. The Morgan fingerprint density at radius 3 is 2.68 bits per heavy atom. The number of benzene rings is 1. The number of aryl methyl sites for hydroxylation is 1. The van der Waals surface area contributed by atoms with Crippen LogP contribution in [0.2, 0.25) is 0 Å². The van der Waals surface area contributed by atoms with Gasteiger partial charge in [0.05, 0.1) is 11.6 Å². The molecule has 1 atom stereocenters. The molecule has 3 aromatic rings. The summed E-state index contributed by atoms with van der Waals surface area (Å²) in [5.41, 5.74) is 4.94. The number of aromatic nitrogens is 1. The number of fused-ring (bicyclic) bond motifs is 4. The molecule has 0 bridgehead atoms.